The van der Waals surface area contributed by atoms with E-state index < -0.39 is 0 Å². The third-order valence-electron chi connectivity index (χ3n) is 3.61. The van der Waals surface area contributed by atoms with E-state index >= 15 is 0 Å². The lowest BCUT2D eigenvalue weighted by Crippen LogP contribution is -2.53. The van der Waals surface area contributed by atoms with Crippen molar-refractivity contribution >= 4 is 0 Å². The fraction of sp³-hybridized carbons (Fsp3) is 0.900. The lowest BCUT2D eigenvalue weighted by Gasteiger charge is -2.46. The summed E-state index contributed by atoms with van der Waals surface area (Å²) < 4.78 is 0. The summed E-state index contributed by atoms with van der Waals surface area (Å²) in [4.78, 5) is 2.51. The highest BCUT2D eigenvalue weighted by Crippen LogP contribution is 2.32. The minimum Gasteiger partial charge on any atom is -0.321 e. The predicted molar refractivity (Wildman–Crippen MR) is 51.0 cm³/mol. The Balaban J connectivity index is 2.00. The number of nitrogens with one attached hydrogen (secondary N) is 1. The summed E-state index contributed by atoms with van der Waals surface area (Å²) in [5.41, 5.74) is 0. The van der Waals surface area contributed by atoms with Crippen LogP contribution in [0.15, 0.2) is 0 Å². The highest BCUT2D eigenvalue weighted by atomic mass is 15.2. The average Bonchev–Trinajstić information content (AvgIpc) is 2.07. The van der Waals surface area contributed by atoms with Gasteiger partial charge in [0.1, 0.15) is 0 Å². The fourth-order valence-electron chi connectivity index (χ4n) is 2.82. The van der Waals surface area contributed by atoms with Crippen molar-refractivity contribution in [2.45, 2.75) is 50.2 Å². The number of rotatable bonds is 1. The molecule has 2 saturated heterocycles. The predicted octanol–water partition coefficient (Wildman–Crippen LogP) is 1.07. The number of piperidine rings is 2. The van der Waals surface area contributed by atoms with Gasteiger partial charge in [-0.3, -0.25) is 0 Å². The molecule has 13 heavy (non-hydrogen) atoms. The minimum absolute atomic E-state index is 0.441. The second kappa shape index (κ2) is 3.55. The second-order valence-electron chi connectivity index (χ2n) is 4.33. The van der Waals surface area contributed by atoms with Crippen molar-refractivity contribution in [1.29, 1.82) is 5.26 Å². The van der Waals surface area contributed by atoms with E-state index in [4.69, 9.17) is 5.26 Å². The van der Waals surface area contributed by atoms with Gasteiger partial charge in [-0.1, -0.05) is 6.42 Å². The van der Waals surface area contributed by atoms with Crippen LogP contribution in [-0.2, 0) is 0 Å². The van der Waals surface area contributed by atoms with Crippen LogP contribution in [-0.4, -0.2) is 30.1 Å². The van der Waals surface area contributed by atoms with Gasteiger partial charge < -0.3 is 10.2 Å². The van der Waals surface area contributed by atoms with Crippen molar-refractivity contribution < 1.29 is 0 Å². The topological polar surface area (TPSA) is 39.1 Å². The maximum atomic E-state index is 8.57. The summed E-state index contributed by atoms with van der Waals surface area (Å²) in [6.07, 6.45) is 8.39. The van der Waals surface area contributed by atoms with Crippen LogP contribution in [0, 0.1) is 11.5 Å². The second-order valence-corrected chi connectivity index (χ2v) is 4.33. The SMILES string of the molecule is CN1C2CCCC1CC(NC#N)C2. The van der Waals surface area contributed by atoms with Crippen molar-refractivity contribution in [3.63, 3.8) is 0 Å². The Morgan fingerprint density at radius 1 is 1.31 bits per heavy atom. The monoisotopic (exact) mass is 179 g/mol. The van der Waals surface area contributed by atoms with Crippen LogP contribution in [0.25, 0.3) is 0 Å². The summed E-state index contributed by atoms with van der Waals surface area (Å²) in [5, 5.41) is 11.5. The van der Waals surface area contributed by atoms with Crippen molar-refractivity contribution in [1.82, 2.24) is 10.2 Å². The molecule has 0 radical (unpaired) electrons. The van der Waals surface area contributed by atoms with Crippen LogP contribution in [0.3, 0.4) is 0 Å². The van der Waals surface area contributed by atoms with Crippen LogP contribution in [0.4, 0.5) is 0 Å². The normalized spacial score (nSPS) is 39.5. The van der Waals surface area contributed by atoms with Gasteiger partial charge in [-0.2, -0.15) is 5.26 Å². The summed E-state index contributed by atoms with van der Waals surface area (Å²) in [6, 6.07) is 1.88. The molecular weight excluding hydrogens is 162 g/mol. The van der Waals surface area contributed by atoms with Crippen molar-refractivity contribution in [2.24, 2.45) is 0 Å². The molecule has 2 aliphatic rings. The number of fused-ring (bicyclic) bond motifs is 2. The Hall–Kier alpha value is -0.750. The molecule has 0 aliphatic carbocycles. The van der Waals surface area contributed by atoms with Crippen LogP contribution in [0.2, 0.25) is 0 Å². The van der Waals surface area contributed by atoms with Crippen LogP contribution in [0.5, 0.6) is 0 Å². The molecule has 2 aliphatic heterocycles. The molecule has 2 heterocycles. The molecule has 0 amide bonds. The molecule has 0 aromatic rings. The molecule has 3 nitrogen and oxygen atoms in total. The number of nitrogens with zero attached hydrogens (tertiary/aromatic N) is 2. The molecule has 72 valence electrons. The van der Waals surface area contributed by atoms with E-state index in [1.807, 2.05) is 0 Å². The van der Waals surface area contributed by atoms with Gasteiger partial charge in [0.05, 0.1) is 0 Å². The first-order chi connectivity index (χ1) is 6.31. The molecule has 0 aromatic carbocycles. The van der Waals surface area contributed by atoms with Gasteiger partial charge in [0, 0.05) is 18.1 Å². The molecule has 2 rings (SSSR count). The van der Waals surface area contributed by atoms with Crippen LogP contribution < -0.4 is 5.32 Å². The molecular formula is C10H17N3. The van der Waals surface area contributed by atoms with E-state index in [-0.39, 0.29) is 0 Å². The molecule has 2 fully saturated rings. The smallest absolute Gasteiger partial charge is 0.176 e. The first kappa shape index (κ1) is 8.83. The van der Waals surface area contributed by atoms with Gasteiger partial charge in [-0.25, -0.2) is 0 Å². The maximum Gasteiger partial charge on any atom is 0.176 e. The van der Waals surface area contributed by atoms with E-state index in [0.717, 1.165) is 24.9 Å². The van der Waals surface area contributed by atoms with Crippen molar-refractivity contribution in [3.05, 3.63) is 0 Å². The Labute approximate surface area is 79.7 Å². The standard InChI is InChI=1S/C10H17N3/c1-13-9-3-2-4-10(13)6-8(5-9)12-7-11/h8-10,12H,2-6H2,1H3. The molecule has 2 bridgehead atoms. The van der Waals surface area contributed by atoms with Gasteiger partial charge in [-0.15, -0.1) is 0 Å². The summed E-state index contributed by atoms with van der Waals surface area (Å²) >= 11 is 0. The first-order valence-electron chi connectivity index (χ1n) is 5.18. The van der Waals surface area contributed by atoms with Crippen LogP contribution in [0.1, 0.15) is 32.1 Å². The highest BCUT2D eigenvalue weighted by Gasteiger charge is 2.35. The average molecular weight is 179 g/mol. The molecule has 0 spiro atoms. The molecule has 1 N–H and O–H groups in total. The quantitative estimate of drug-likeness (QED) is 0.483. The number of hydrogen-bond acceptors (Lipinski definition) is 3. The Morgan fingerprint density at radius 2 is 1.92 bits per heavy atom. The largest absolute Gasteiger partial charge is 0.321 e. The summed E-state index contributed by atoms with van der Waals surface area (Å²) in [6.45, 7) is 0. The maximum absolute atomic E-state index is 8.57. The number of hydrogen-bond donors (Lipinski definition) is 1. The summed E-state index contributed by atoms with van der Waals surface area (Å²) in [7, 11) is 2.23. The Morgan fingerprint density at radius 3 is 2.46 bits per heavy atom. The third-order valence-corrected chi connectivity index (χ3v) is 3.61. The Kier molecular flexibility index (Phi) is 2.41. The zero-order valence-corrected chi connectivity index (χ0v) is 8.16. The van der Waals surface area contributed by atoms with Gasteiger partial charge in [0.2, 0.25) is 0 Å². The third kappa shape index (κ3) is 1.64. The lowest BCUT2D eigenvalue weighted by molar-refractivity contribution is 0.0521. The van der Waals surface area contributed by atoms with E-state index in [9.17, 15) is 0 Å². The van der Waals surface area contributed by atoms with Gasteiger partial charge >= 0.3 is 0 Å². The lowest BCUT2D eigenvalue weighted by atomic mass is 9.82. The first-order valence-corrected chi connectivity index (χ1v) is 5.18. The number of nitriles is 1. The fourth-order valence-corrected chi connectivity index (χ4v) is 2.82. The van der Waals surface area contributed by atoms with Crippen molar-refractivity contribution in [3.8, 4) is 6.19 Å². The highest BCUT2D eigenvalue weighted by molar-refractivity contribution is 4.95. The van der Waals surface area contributed by atoms with Crippen molar-refractivity contribution in [2.75, 3.05) is 7.05 Å². The van der Waals surface area contributed by atoms with E-state index in [1.165, 1.54) is 19.3 Å². The molecule has 2 unspecified atom stereocenters. The van der Waals surface area contributed by atoms with Gasteiger partial charge in [0.15, 0.2) is 6.19 Å². The zero-order chi connectivity index (χ0) is 9.26. The van der Waals surface area contributed by atoms with Crippen LogP contribution >= 0.6 is 0 Å². The molecule has 2 atom stereocenters. The Bertz CT molecular complexity index is 207. The van der Waals surface area contributed by atoms with E-state index in [0.29, 0.717) is 6.04 Å². The zero-order valence-electron chi connectivity index (χ0n) is 8.16. The molecule has 3 heteroatoms. The molecule has 0 aromatic heterocycles. The van der Waals surface area contributed by atoms with E-state index in [2.05, 4.69) is 23.5 Å². The summed E-state index contributed by atoms with van der Waals surface area (Å²) in [5.74, 6) is 0. The van der Waals surface area contributed by atoms with Gasteiger partial charge in [0.25, 0.3) is 0 Å². The minimum atomic E-state index is 0.441. The van der Waals surface area contributed by atoms with Gasteiger partial charge in [-0.05, 0) is 32.7 Å². The van der Waals surface area contributed by atoms with E-state index in [1.54, 1.807) is 0 Å². The molecule has 0 saturated carbocycles.